The van der Waals surface area contributed by atoms with Crippen LogP contribution in [0, 0.1) is 13.8 Å². The lowest BCUT2D eigenvalue weighted by molar-refractivity contribution is -0.120. The molecule has 8 nitrogen and oxygen atoms in total. The first-order chi connectivity index (χ1) is 12.6. The molecule has 0 aliphatic rings. The Kier molecular flexibility index (Phi) is 5.67. The van der Waals surface area contributed by atoms with E-state index in [1.807, 2.05) is 48.9 Å². The maximum atomic E-state index is 12.3. The Labute approximate surface area is 156 Å². The molecule has 0 saturated heterocycles. The van der Waals surface area contributed by atoms with Crippen molar-refractivity contribution in [2.75, 3.05) is 12.3 Å². The lowest BCUT2D eigenvalue weighted by atomic mass is 10.1. The predicted octanol–water partition coefficient (Wildman–Crippen LogP) is 1.46. The molecule has 0 aliphatic heterocycles. The number of carbonyl (C=O) groups is 1. The molecule has 0 saturated carbocycles. The summed E-state index contributed by atoms with van der Waals surface area (Å²) in [5.41, 5.74) is 3.83. The molecule has 2 heterocycles. The standard InChI is InChI=1S/C17H21N7OS/c1-12-15(13(2)24(20-12)14-7-5-4-6-8-14)11-16(25)18-9-10-26-17-19-21-22-23(17)3/h4-8H,9-11H2,1-3H3,(H,18,25). The average Bonchev–Trinajstić information content (AvgIpc) is 3.17. The summed E-state index contributed by atoms with van der Waals surface area (Å²) in [5, 5.41) is 19.5. The number of hydrogen-bond donors (Lipinski definition) is 1. The molecule has 2 aromatic heterocycles. The predicted molar refractivity (Wildman–Crippen MR) is 99.3 cm³/mol. The number of thioether (sulfide) groups is 1. The lowest BCUT2D eigenvalue weighted by Gasteiger charge is -2.06. The highest BCUT2D eigenvalue weighted by Crippen LogP contribution is 2.18. The Morgan fingerprint density at radius 1 is 1.23 bits per heavy atom. The van der Waals surface area contributed by atoms with E-state index in [0.717, 1.165) is 27.8 Å². The minimum atomic E-state index is -0.0134. The van der Waals surface area contributed by atoms with E-state index in [4.69, 9.17) is 0 Å². The van der Waals surface area contributed by atoms with Crippen molar-refractivity contribution in [3.05, 3.63) is 47.3 Å². The molecule has 1 amide bonds. The van der Waals surface area contributed by atoms with Crippen molar-refractivity contribution in [3.63, 3.8) is 0 Å². The fourth-order valence-electron chi connectivity index (χ4n) is 2.65. The van der Waals surface area contributed by atoms with Crippen molar-refractivity contribution >= 4 is 17.7 Å². The summed E-state index contributed by atoms with van der Waals surface area (Å²) in [7, 11) is 1.79. The van der Waals surface area contributed by atoms with Crippen LogP contribution in [0.3, 0.4) is 0 Å². The van der Waals surface area contributed by atoms with E-state index < -0.39 is 0 Å². The summed E-state index contributed by atoms with van der Waals surface area (Å²) in [4.78, 5) is 12.3. The third kappa shape index (κ3) is 4.10. The van der Waals surface area contributed by atoms with Gasteiger partial charge in [-0.15, -0.1) is 5.10 Å². The fourth-order valence-corrected chi connectivity index (χ4v) is 3.36. The highest BCUT2D eigenvalue weighted by molar-refractivity contribution is 7.99. The molecule has 1 N–H and O–H groups in total. The van der Waals surface area contributed by atoms with Crippen molar-refractivity contribution in [2.24, 2.45) is 7.05 Å². The highest BCUT2D eigenvalue weighted by Gasteiger charge is 2.15. The summed E-state index contributed by atoms with van der Waals surface area (Å²) >= 11 is 1.51. The first-order valence-corrected chi connectivity index (χ1v) is 9.27. The van der Waals surface area contributed by atoms with Crippen LogP contribution in [0.4, 0.5) is 0 Å². The SMILES string of the molecule is Cc1nn(-c2ccccc2)c(C)c1CC(=O)NCCSc1nnnn1C. The molecule has 26 heavy (non-hydrogen) atoms. The summed E-state index contributed by atoms with van der Waals surface area (Å²) in [5.74, 6) is 0.696. The van der Waals surface area contributed by atoms with E-state index in [1.165, 1.54) is 11.8 Å². The zero-order chi connectivity index (χ0) is 18.5. The number of rotatable bonds is 7. The van der Waals surface area contributed by atoms with Crippen LogP contribution in [0.1, 0.15) is 17.0 Å². The van der Waals surface area contributed by atoms with Crippen LogP contribution in [0.2, 0.25) is 0 Å². The van der Waals surface area contributed by atoms with E-state index in [1.54, 1.807) is 11.7 Å². The van der Waals surface area contributed by atoms with E-state index in [2.05, 4.69) is 25.9 Å². The quantitative estimate of drug-likeness (QED) is 0.499. The zero-order valence-corrected chi connectivity index (χ0v) is 15.8. The third-order valence-electron chi connectivity index (χ3n) is 4.02. The van der Waals surface area contributed by atoms with Crippen LogP contribution >= 0.6 is 11.8 Å². The fraction of sp³-hybridized carbons (Fsp3) is 0.353. The molecule has 9 heteroatoms. The number of tetrazole rings is 1. The van der Waals surface area contributed by atoms with Gasteiger partial charge in [0.15, 0.2) is 0 Å². The molecular formula is C17H21N7OS. The Morgan fingerprint density at radius 3 is 2.69 bits per heavy atom. The van der Waals surface area contributed by atoms with Crippen LogP contribution in [0.15, 0.2) is 35.5 Å². The lowest BCUT2D eigenvalue weighted by Crippen LogP contribution is -2.27. The van der Waals surface area contributed by atoms with Gasteiger partial charge in [-0.25, -0.2) is 9.36 Å². The van der Waals surface area contributed by atoms with Crippen molar-refractivity contribution in [1.82, 2.24) is 35.3 Å². The van der Waals surface area contributed by atoms with Gasteiger partial charge in [0.05, 0.1) is 17.8 Å². The van der Waals surface area contributed by atoms with Gasteiger partial charge in [0.1, 0.15) is 0 Å². The van der Waals surface area contributed by atoms with Gasteiger partial charge in [-0.2, -0.15) is 5.10 Å². The van der Waals surface area contributed by atoms with Crippen LogP contribution < -0.4 is 5.32 Å². The number of aryl methyl sites for hydroxylation is 2. The molecule has 3 aromatic rings. The van der Waals surface area contributed by atoms with Gasteiger partial charge in [0, 0.05) is 30.6 Å². The Bertz CT molecular complexity index is 888. The summed E-state index contributed by atoms with van der Waals surface area (Å²) in [6, 6.07) is 9.92. The van der Waals surface area contributed by atoms with E-state index in [-0.39, 0.29) is 5.91 Å². The maximum absolute atomic E-state index is 12.3. The van der Waals surface area contributed by atoms with Crippen LogP contribution in [0.25, 0.3) is 5.69 Å². The summed E-state index contributed by atoms with van der Waals surface area (Å²) in [6.45, 7) is 4.49. The number of para-hydroxylation sites is 1. The number of hydrogen-bond acceptors (Lipinski definition) is 6. The molecule has 136 valence electrons. The number of carbonyl (C=O) groups excluding carboxylic acids is 1. The van der Waals surface area contributed by atoms with Crippen molar-refractivity contribution in [3.8, 4) is 5.69 Å². The minimum Gasteiger partial charge on any atom is -0.355 e. The van der Waals surface area contributed by atoms with Crippen LogP contribution in [0.5, 0.6) is 0 Å². The first-order valence-electron chi connectivity index (χ1n) is 8.28. The average molecular weight is 371 g/mol. The second-order valence-electron chi connectivity index (χ2n) is 5.86. The normalized spacial score (nSPS) is 10.9. The largest absolute Gasteiger partial charge is 0.355 e. The van der Waals surface area contributed by atoms with Gasteiger partial charge >= 0.3 is 0 Å². The Morgan fingerprint density at radius 2 is 2.00 bits per heavy atom. The van der Waals surface area contributed by atoms with Gasteiger partial charge in [0.25, 0.3) is 0 Å². The van der Waals surface area contributed by atoms with Gasteiger partial charge in [-0.05, 0) is 36.4 Å². The minimum absolute atomic E-state index is 0.0134. The van der Waals surface area contributed by atoms with E-state index >= 15 is 0 Å². The smallest absolute Gasteiger partial charge is 0.224 e. The topological polar surface area (TPSA) is 90.5 Å². The molecule has 0 aliphatic carbocycles. The number of nitrogens with one attached hydrogen (secondary N) is 1. The molecule has 0 fully saturated rings. The van der Waals surface area contributed by atoms with Crippen molar-refractivity contribution < 1.29 is 4.79 Å². The first kappa shape index (κ1) is 18.1. The maximum Gasteiger partial charge on any atom is 0.224 e. The molecule has 0 atom stereocenters. The van der Waals surface area contributed by atoms with Crippen molar-refractivity contribution in [2.45, 2.75) is 25.4 Å². The highest BCUT2D eigenvalue weighted by atomic mass is 32.2. The number of amides is 1. The van der Waals surface area contributed by atoms with E-state index in [0.29, 0.717) is 18.7 Å². The second kappa shape index (κ2) is 8.13. The van der Waals surface area contributed by atoms with Gasteiger partial charge < -0.3 is 5.32 Å². The Balaban J connectivity index is 1.56. The number of nitrogens with zero attached hydrogens (tertiary/aromatic N) is 6. The van der Waals surface area contributed by atoms with Crippen LogP contribution in [-0.4, -0.2) is 48.2 Å². The monoisotopic (exact) mass is 371 g/mol. The summed E-state index contributed by atoms with van der Waals surface area (Å²) < 4.78 is 3.49. The van der Waals surface area contributed by atoms with Crippen LogP contribution in [-0.2, 0) is 18.3 Å². The zero-order valence-electron chi connectivity index (χ0n) is 15.0. The molecule has 0 spiro atoms. The summed E-state index contributed by atoms with van der Waals surface area (Å²) in [6.07, 6.45) is 0.320. The van der Waals surface area contributed by atoms with Crippen molar-refractivity contribution in [1.29, 1.82) is 0 Å². The van der Waals surface area contributed by atoms with Gasteiger partial charge in [0.2, 0.25) is 11.1 Å². The van der Waals surface area contributed by atoms with E-state index in [9.17, 15) is 4.79 Å². The number of benzene rings is 1. The van der Waals surface area contributed by atoms with Gasteiger partial charge in [-0.1, -0.05) is 30.0 Å². The molecule has 0 unspecified atom stereocenters. The molecule has 3 rings (SSSR count). The number of aromatic nitrogens is 6. The van der Waals surface area contributed by atoms with Gasteiger partial charge in [-0.3, -0.25) is 4.79 Å². The Hall–Kier alpha value is -2.68. The molecular weight excluding hydrogens is 350 g/mol. The second-order valence-corrected chi connectivity index (χ2v) is 6.92. The third-order valence-corrected chi connectivity index (χ3v) is 5.03. The molecule has 1 aromatic carbocycles. The molecule has 0 radical (unpaired) electrons. The molecule has 0 bridgehead atoms.